The van der Waals surface area contributed by atoms with Crippen LogP contribution in [0, 0.1) is 5.41 Å². The minimum atomic E-state index is 0. The summed E-state index contributed by atoms with van der Waals surface area (Å²) < 4.78 is 2.27. The van der Waals surface area contributed by atoms with E-state index in [1.165, 1.54) is 49.3 Å². The molecule has 28 heavy (non-hydrogen) atoms. The summed E-state index contributed by atoms with van der Waals surface area (Å²) in [6.45, 7) is 4.32. The fourth-order valence-corrected chi connectivity index (χ4v) is 5.38. The fourth-order valence-electron chi connectivity index (χ4n) is 4.72. The molecule has 2 fully saturated rings. The highest BCUT2D eigenvalue weighted by atomic mass is 35.5. The Hall–Kier alpha value is -1.11. The molecular formula is C21H28Cl2N4S. The van der Waals surface area contributed by atoms with Gasteiger partial charge in [0.2, 0.25) is 0 Å². The van der Waals surface area contributed by atoms with Gasteiger partial charge in [0.15, 0.2) is 0 Å². The van der Waals surface area contributed by atoms with Crippen LogP contribution in [0.25, 0.3) is 11.0 Å². The maximum absolute atomic E-state index is 4.94. The number of para-hydroxylation sites is 2. The number of nitrogens with one attached hydrogen (secondary N) is 1. The number of nitrogens with zero attached hydrogens (tertiary/aromatic N) is 3. The third-order valence-corrected chi connectivity index (χ3v) is 7.11. The maximum Gasteiger partial charge on any atom is 0.123 e. The molecule has 1 N–H and O–H groups in total. The van der Waals surface area contributed by atoms with E-state index < -0.39 is 0 Å². The molecule has 1 atom stereocenters. The number of hydrogen-bond donors (Lipinski definition) is 1. The van der Waals surface area contributed by atoms with Crippen LogP contribution in [0.5, 0.6) is 0 Å². The van der Waals surface area contributed by atoms with E-state index in [-0.39, 0.29) is 24.8 Å². The van der Waals surface area contributed by atoms with E-state index in [9.17, 15) is 0 Å². The van der Waals surface area contributed by atoms with Crippen LogP contribution in [0.4, 0.5) is 0 Å². The largest absolute Gasteiger partial charge is 0.330 e. The van der Waals surface area contributed by atoms with Crippen molar-refractivity contribution in [3.63, 3.8) is 0 Å². The van der Waals surface area contributed by atoms with Crippen molar-refractivity contribution >= 4 is 47.2 Å². The average Bonchev–Trinajstić information content (AvgIpc) is 3.00. The van der Waals surface area contributed by atoms with Gasteiger partial charge >= 0.3 is 0 Å². The zero-order valence-electron chi connectivity index (χ0n) is 16.1. The molecule has 4 nitrogen and oxygen atoms in total. The predicted octanol–water partition coefficient (Wildman–Crippen LogP) is 4.62. The third-order valence-electron chi connectivity index (χ3n) is 6.38. The van der Waals surface area contributed by atoms with E-state index >= 15 is 0 Å². The van der Waals surface area contributed by atoms with Crippen LogP contribution < -0.4 is 5.32 Å². The van der Waals surface area contributed by atoms with Gasteiger partial charge in [-0.25, -0.2) is 4.98 Å². The Morgan fingerprint density at radius 3 is 2.68 bits per heavy atom. The highest BCUT2D eigenvalue weighted by Gasteiger charge is 2.56. The minimum absolute atomic E-state index is 0. The number of fused-ring (bicyclic) bond motifs is 1. The molecule has 2 aromatic heterocycles. The summed E-state index contributed by atoms with van der Waals surface area (Å²) in [6, 6.07) is 11.4. The molecule has 1 unspecified atom stereocenters. The fraction of sp³-hybridized carbons (Fsp3) is 0.476. The molecule has 3 aromatic rings. The van der Waals surface area contributed by atoms with Crippen molar-refractivity contribution in [2.24, 2.45) is 12.5 Å². The molecule has 152 valence electrons. The predicted molar refractivity (Wildman–Crippen MR) is 122 cm³/mol. The van der Waals surface area contributed by atoms with Crippen LogP contribution in [0.3, 0.4) is 0 Å². The number of aryl methyl sites for hydroxylation is 1. The highest BCUT2D eigenvalue weighted by Crippen LogP contribution is 2.56. The molecule has 0 amide bonds. The quantitative estimate of drug-likeness (QED) is 0.630. The number of halogens is 2. The lowest BCUT2D eigenvalue weighted by molar-refractivity contribution is 0.183. The second-order valence-corrected chi connectivity index (χ2v) is 8.72. The number of aromatic nitrogens is 2. The van der Waals surface area contributed by atoms with Crippen molar-refractivity contribution in [1.82, 2.24) is 19.8 Å². The Kier molecular flexibility index (Phi) is 6.72. The molecule has 7 heteroatoms. The second kappa shape index (κ2) is 8.72. The van der Waals surface area contributed by atoms with Gasteiger partial charge in [0.05, 0.1) is 17.6 Å². The van der Waals surface area contributed by atoms with E-state index in [4.69, 9.17) is 4.98 Å². The summed E-state index contributed by atoms with van der Waals surface area (Å²) in [6.07, 6.45) is 3.99. The standard InChI is InChI=1S/C21H26N4S.2ClH/c1-24-18-5-3-2-4-17(18)23-20(24)14-25(13-16-6-11-26-15-16)19-12-21(19)7-9-22-10-8-21;;/h2-6,11,15,19,22H,7-10,12-14H2,1H3;2*1H. The van der Waals surface area contributed by atoms with Crippen molar-refractivity contribution in [3.8, 4) is 0 Å². The number of thiophene rings is 1. The Morgan fingerprint density at radius 1 is 1.18 bits per heavy atom. The van der Waals surface area contributed by atoms with E-state index in [2.05, 4.69) is 62.9 Å². The second-order valence-electron chi connectivity index (χ2n) is 7.94. The van der Waals surface area contributed by atoms with Gasteiger partial charge in [0, 0.05) is 19.6 Å². The molecule has 1 aromatic carbocycles. The molecule has 1 spiro atoms. The Bertz CT molecular complexity index is 902. The van der Waals surface area contributed by atoms with Gasteiger partial charge in [-0.1, -0.05) is 12.1 Å². The third kappa shape index (κ3) is 3.96. The molecule has 0 bridgehead atoms. The van der Waals surface area contributed by atoms with E-state index in [0.29, 0.717) is 11.5 Å². The van der Waals surface area contributed by atoms with Gasteiger partial charge < -0.3 is 9.88 Å². The van der Waals surface area contributed by atoms with Crippen LogP contribution in [-0.4, -0.2) is 33.6 Å². The minimum Gasteiger partial charge on any atom is -0.330 e. The molecule has 0 radical (unpaired) electrons. The van der Waals surface area contributed by atoms with Crippen LogP contribution in [0.1, 0.15) is 30.7 Å². The molecule has 2 aliphatic rings. The van der Waals surface area contributed by atoms with Crippen LogP contribution in [0.2, 0.25) is 0 Å². The first-order chi connectivity index (χ1) is 12.8. The summed E-state index contributed by atoms with van der Waals surface area (Å²) >= 11 is 1.80. The number of benzene rings is 1. The maximum atomic E-state index is 4.94. The van der Waals surface area contributed by atoms with Gasteiger partial charge in [-0.05, 0) is 72.3 Å². The summed E-state index contributed by atoms with van der Waals surface area (Å²) in [5.41, 5.74) is 4.31. The van der Waals surface area contributed by atoms with Crippen molar-refractivity contribution in [3.05, 3.63) is 52.5 Å². The topological polar surface area (TPSA) is 33.1 Å². The summed E-state index contributed by atoms with van der Waals surface area (Å²) in [4.78, 5) is 7.63. The van der Waals surface area contributed by atoms with Crippen molar-refractivity contribution in [2.45, 2.75) is 38.4 Å². The number of piperidine rings is 1. The molecule has 5 rings (SSSR count). The lowest BCUT2D eigenvalue weighted by atomic mass is 9.93. The van der Waals surface area contributed by atoms with E-state index in [0.717, 1.165) is 18.6 Å². The van der Waals surface area contributed by atoms with Crippen molar-refractivity contribution in [2.75, 3.05) is 13.1 Å². The zero-order chi connectivity index (χ0) is 17.6. The summed E-state index contributed by atoms with van der Waals surface area (Å²) in [7, 11) is 2.15. The number of hydrogen-bond acceptors (Lipinski definition) is 4. The molecule has 1 saturated heterocycles. The van der Waals surface area contributed by atoms with Crippen molar-refractivity contribution in [1.29, 1.82) is 0 Å². The van der Waals surface area contributed by atoms with E-state index in [1.807, 2.05) is 0 Å². The Balaban J connectivity index is 0.00000112. The average molecular weight is 439 g/mol. The Morgan fingerprint density at radius 2 is 1.96 bits per heavy atom. The lowest BCUT2D eigenvalue weighted by Crippen LogP contribution is -2.36. The molecule has 1 saturated carbocycles. The molecule has 1 aliphatic carbocycles. The van der Waals surface area contributed by atoms with Crippen LogP contribution in [0.15, 0.2) is 41.1 Å². The summed E-state index contributed by atoms with van der Waals surface area (Å²) in [5, 5.41) is 8.01. The van der Waals surface area contributed by atoms with Gasteiger partial charge in [-0.2, -0.15) is 11.3 Å². The number of rotatable bonds is 5. The highest BCUT2D eigenvalue weighted by molar-refractivity contribution is 7.07. The van der Waals surface area contributed by atoms with Gasteiger partial charge in [0.1, 0.15) is 5.82 Å². The molecular weight excluding hydrogens is 411 g/mol. The molecule has 3 heterocycles. The zero-order valence-corrected chi connectivity index (χ0v) is 18.6. The summed E-state index contributed by atoms with van der Waals surface area (Å²) in [5.74, 6) is 1.18. The number of imidazole rings is 1. The first-order valence-corrected chi connectivity index (χ1v) is 10.6. The van der Waals surface area contributed by atoms with E-state index in [1.54, 1.807) is 11.3 Å². The smallest absolute Gasteiger partial charge is 0.123 e. The van der Waals surface area contributed by atoms with Crippen LogP contribution >= 0.6 is 36.2 Å². The first kappa shape index (κ1) is 21.6. The van der Waals surface area contributed by atoms with Gasteiger partial charge in [-0.3, -0.25) is 4.90 Å². The SMILES string of the molecule is Cl.Cl.Cn1c(CN(Cc2ccsc2)C2CC23CCNCC3)nc2ccccc21. The van der Waals surface area contributed by atoms with Crippen molar-refractivity contribution < 1.29 is 0 Å². The monoisotopic (exact) mass is 438 g/mol. The normalized spacial score (nSPS) is 20.1. The Labute approximate surface area is 183 Å². The van der Waals surface area contributed by atoms with Crippen LogP contribution in [-0.2, 0) is 20.1 Å². The molecule has 1 aliphatic heterocycles. The first-order valence-electron chi connectivity index (χ1n) is 9.61. The lowest BCUT2D eigenvalue weighted by Gasteiger charge is -2.29. The van der Waals surface area contributed by atoms with Gasteiger partial charge in [0.25, 0.3) is 0 Å². The van der Waals surface area contributed by atoms with Gasteiger partial charge in [-0.15, -0.1) is 24.8 Å².